The van der Waals surface area contributed by atoms with Crippen LogP contribution in [0.15, 0.2) is 60.8 Å². The van der Waals surface area contributed by atoms with Crippen LogP contribution in [-0.4, -0.2) is 70.0 Å². The molecule has 444 valence electrons. The zero-order chi connectivity index (χ0) is 55.6. The van der Waals surface area contributed by atoms with Gasteiger partial charge in [0.05, 0.1) is 27.7 Å². The summed E-state index contributed by atoms with van der Waals surface area (Å²) in [6, 6.07) is 0. The van der Waals surface area contributed by atoms with Crippen LogP contribution in [0.5, 0.6) is 0 Å². The number of hydrogen-bond donors (Lipinski definition) is 0. The molecule has 2 unspecified atom stereocenters. The average Bonchev–Trinajstić information content (AvgIpc) is 3.38. The van der Waals surface area contributed by atoms with Crippen LogP contribution in [0.4, 0.5) is 0 Å². The van der Waals surface area contributed by atoms with Crippen LogP contribution in [0.1, 0.15) is 296 Å². The van der Waals surface area contributed by atoms with E-state index in [-0.39, 0.29) is 32.0 Å². The van der Waals surface area contributed by atoms with E-state index < -0.39 is 26.5 Å². The number of esters is 2. The number of phosphoric ester groups is 1. The van der Waals surface area contributed by atoms with E-state index in [0.29, 0.717) is 17.4 Å². The molecule has 0 saturated heterocycles. The molecule has 0 aliphatic heterocycles. The predicted octanol–water partition coefficient (Wildman–Crippen LogP) is 19.6. The number of likely N-dealkylation sites (N-methyl/N-ethyl adjacent to an activating group) is 1. The molecule has 0 aliphatic carbocycles. The Balaban J connectivity index is 4.02. The van der Waals surface area contributed by atoms with E-state index in [1.54, 1.807) is 0 Å². The number of allylic oxidation sites excluding steroid dienone is 10. The number of unbranched alkanes of at least 4 members (excludes halogenated alkanes) is 35. The third-order valence-corrected chi connectivity index (χ3v) is 15.0. The summed E-state index contributed by atoms with van der Waals surface area (Å²) < 4.78 is 34.2. The van der Waals surface area contributed by atoms with Crippen LogP contribution >= 0.6 is 7.82 Å². The van der Waals surface area contributed by atoms with Crippen LogP contribution in [0.25, 0.3) is 0 Å². The molecule has 0 amide bonds. The monoisotopic (exact) mass is 1090 g/mol. The van der Waals surface area contributed by atoms with Gasteiger partial charge in [0.1, 0.15) is 19.8 Å². The third-order valence-electron chi connectivity index (χ3n) is 14.0. The normalized spacial score (nSPS) is 13.6. The molecule has 0 saturated carbocycles. The Morgan fingerprint density at radius 1 is 0.408 bits per heavy atom. The van der Waals surface area contributed by atoms with Crippen molar-refractivity contribution in [3.05, 3.63) is 60.8 Å². The molecule has 2 atom stereocenters. The number of phosphoric acid groups is 1. The summed E-state index contributed by atoms with van der Waals surface area (Å²) in [5, 5.41) is 0. The lowest BCUT2D eigenvalue weighted by molar-refractivity contribution is -0.870. The maximum absolute atomic E-state index is 12.8. The zero-order valence-corrected chi connectivity index (χ0v) is 51.3. The van der Waals surface area contributed by atoms with Gasteiger partial charge in [0.2, 0.25) is 0 Å². The molecule has 0 aliphatic rings. The van der Waals surface area contributed by atoms with E-state index in [0.717, 1.165) is 77.0 Å². The summed E-state index contributed by atoms with van der Waals surface area (Å²) in [4.78, 5) is 37.9. The molecule has 10 heteroatoms. The topological polar surface area (TPSA) is 111 Å². The van der Waals surface area contributed by atoms with Gasteiger partial charge in [-0.2, -0.15) is 0 Å². The van der Waals surface area contributed by atoms with Crippen molar-refractivity contribution in [2.24, 2.45) is 0 Å². The molecule has 0 radical (unpaired) electrons. The first kappa shape index (κ1) is 73.7. The highest BCUT2D eigenvalue weighted by Gasteiger charge is 2.22. The van der Waals surface area contributed by atoms with Gasteiger partial charge in [-0.15, -0.1) is 0 Å². The largest absolute Gasteiger partial charge is 0.756 e. The van der Waals surface area contributed by atoms with Crippen LogP contribution < -0.4 is 4.89 Å². The minimum atomic E-state index is -4.64. The maximum atomic E-state index is 12.8. The molecule has 0 aromatic heterocycles. The smallest absolute Gasteiger partial charge is 0.306 e. The molecule has 0 bridgehead atoms. The fourth-order valence-corrected chi connectivity index (χ4v) is 9.78. The number of rotatable bonds is 59. The number of hydrogen-bond acceptors (Lipinski definition) is 8. The average molecular weight is 1090 g/mol. The van der Waals surface area contributed by atoms with E-state index >= 15 is 0 Å². The second-order valence-corrected chi connectivity index (χ2v) is 24.2. The van der Waals surface area contributed by atoms with Crippen LogP contribution in [0, 0.1) is 0 Å². The van der Waals surface area contributed by atoms with Gasteiger partial charge < -0.3 is 27.9 Å². The summed E-state index contributed by atoms with van der Waals surface area (Å²) in [5.41, 5.74) is 0. The molecule has 0 aromatic rings. The van der Waals surface area contributed by atoms with Crippen molar-refractivity contribution in [1.82, 2.24) is 0 Å². The molecule has 0 N–H and O–H groups in total. The molecule has 0 rings (SSSR count). The molecule has 9 nitrogen and oxygen atoms in total. The van der Waals surface area contributed by atoms with Gasteiger partial charge in [-0.1, -0.05) is 261 Å². The zero-order valence-electron chi connectivity index (χ0n) is 50.5. The summed E-state index contributed by atoms with van der Waals surface area (Å²) in [6.07, 6.45) is 74.3. The number of carbonyl (C=O) groups excluding carboxylic acids is 2. The Morgan fingerprint density at radius 3 is 1.08 bits per heavy atom. The first-order chi connectivity index (χ1) is 37.0. The number of quaternary nitrogens is 1. The molecule has 0 heterocycles. The van der Waals surface area contributed by atoms with Crippen molar-refractivity contribution in [2.75, 3.05) is 47.5 Å². The second-order valence-electron chi connectivity index (χ2n) is 22.8. The minimum Gasteiger partial charge on any atom is -0.756 e. The van der Waals surface area contributed by atoms with Crippen LogP contribution in [0.2, 0.25) is 0 Å². The van der Waals surface area contributed by atoms with E-state index in [4.69, 9.17) is 18.5 Å². The van der Waals surface area contributed by atoms with Gasteiger partial charge >= 0.3 is 11.9 Å². The fourth-order valence-electron chi connectivity index (χ4n) is 9.05. The first-order valence-corrected chi connectivity index (χ1v) is 33.5. The fraction of sp³-hybridized carbons (Fsp3) is 0.818. The first-order valence-electron chi connectivity index (χ1n) is 32.0. The summed E-state index contributed by atoms with van der Waals surface area (Å²) in [5.74, 6) is -0.838. The van der Waals surface area contributed by atoms with Crippen molar-refractivity contribution in [1.29, 1.82) is 0 Å². The minimum absolute atomic E-state index is 0.0341. The lowest BCUT2D eigenvalue weighted by Crippen LogP contribution is -2.37. The Morgan fingerprint density at radius 2 is 0.711 bits per heavy atom. The Bertz CT molecular complexity index is 1470. The Labute approximate surface area is 470 Å². The van der Waals surface area contributed by atoms with Gasteiger partial charge in [0.25, 0.3) is 7.82 Å². The van der Waals surface area contributed by atoms with Gasteiger partial charge in [-0.05, 0) is 83.5 Å². The third kappa shape index (κ3) is 60.9. The number of carbonyl (C=O) groups is 2. The van der Waals surface area contributed by atoms with Crippen molar-refractivity contribution in [3.63, 3.8) is 0 Å². The standard InChI is InChI=1S/C66H122NO8P/c1-6-8-10-12-14-16-18-20-22-24-26-27-28-29-30-31-32-33-34-35-36-37-38-39-41-42-44-46-48-50-52-54-56-58-65(68)72-62-64(63-74-76(70,71)73-61-60-67(3,4)5)75-66(69)59-57-55-53-51-49-47-45-43-40-25-23-21-19-17-15-13-11-9-7-2/h15,17-18,20-21,23-24,26,40,43,64H,6-14,16,19,22,25,27-39,41-42,44-63H2,1-5H3/b17-15-,20-18-,23-21-,26-24-,43-40-. The van der Waals surface area contributed by atoms with E-state index in [1.807, 2.05) is 21.1 Å². The summed E-state index contributed by atoms with van der Waals surface area (Å²) >= 11 is 0. The molecule has 0 aromatic carbocycles. The van der Waals surface area contributed by atoms with Gasteiger partial charge in [0.15, 0.2) is 6.10 Å². The van der Waals surface area contributed by atoms with E-state index in [9.17, 15) is 19.0 Å². The number of ether oxygens (including phenoxy) is 2. The molecule has 76 heavy (non-hydrogen) atoms. The highest BCUT2D eigenvalue weighted by molar-refractivity contribution is 7.45. The van der Waals surface area contributed by atoms with Crippen molar-refractivity contribution in [3.8, 4) is 0 Å². The second kappa shape index (κ2) is 57.4. The Hall–Kier alpha value is -2.29. The number of nitrogens with zero attached hydrogens (tertiary/aromatic N) is 1. The predicted molar refractivity (Wildman–Crippen MR) is 323 cm³/mol. The van der Waals surface area contributed by atoms with E-state index in [2.05, 4.69) is 74.6 Å². The highest BCUT2D eigenvalue weighted by Crippen LogP contribution is 2.38. The van der Waals surface area contributed by atoms with Crippen molar-refractivity contribution < 1.29 is 42.1 Å². The lowest BCUT2D eigenvalue weighted by atomic mass is 10.0. The lowest BCUT2D eigenvalue weighted by Gasteiger charge is -2.28. The molecular weight excluding hydrogens is 966 g/mol. The van der Waals surface area contributed by atoms with Crippen LogP contribution in [0.3, 0.4) is 0 Å². The molecule has 0 spiro atoms. The molecular formula is C66H122NO8P. The molecule has 0 fully saturated rings. The summed E-state index contributed by atoms with van der Waals surface area (Å²) in [7, 11) is 1.16. The Kier molecular flexibility index (Phi) is 55.7. The van der Waals surface area contributed by atoms with Gasteiger partial charge in [-0.25, -0.2) is 0 Å². The van der Waals surface area contributed by atoms with Crippen LogP contribution in [-0.2, 0) is 32.7 Å². The van der Waals surface area contributed by atoms with Gasteiger partial charge in [-0.3, -0.25) is 14.2 Å². The highest BCUT2D eigenvalue weighted by atomic mass is 31.2. The van der Waals surface area contributed by atoms with Crippen molar-refractivity contribution >= 4 is 19.8 Å². The van der Waals surface area contributed by atoms with Crippen molar-refractivity contribution in [2.45, 2.75) is 302 Å². The quantitative estimate of drug-likeness (QED) is 0.0195. The summed E-state index contributed by atoms with van der Waals surface area (Å²) in [6.45, 7) is 4.22. The van der Waals surface area contributed by atoms with E-state index in [1.165, 1.54) is 186 Å². The maximum Gasteiger partial charge on any atom is 0.306 e. The SMILES string of the molecule is CCCCC/C=C\C/C=C\C/C=C\CCCCCCCCC(=O)OC(COC(=O)CCCCCCCCCCCCCCCCCCCCCCC/C=C\C/C=C\CCCCCCC)COP(=O)([O-])OCC[N+](C)(C)C. The van der Waals surface area contributed by atoms with Gasteiger partial charge in [0, 0.05) is 12.8 Å².